The Morgan fingerprint density at radius 2 is 1.70 bits per heavy atom. The van der Waals surface area contributed by atoms with E-state index in [4.69, 9.17) is 0 Å². The molecule has 1 aromatic heterocycles. The molecule has 27 heavy (non-hydrogen) atoms. The molecule has 1 heterocycles. The van der Waals surface area contributed by atoms with E-state index in [0.717, 1.165) is 38.7 Å². The molecule has 0 radical (unpaired) electrons. The highest BCUT2D eigenvalue weighted by molar-refractivity contribution is 14.0. The van der Waals surface area contributed by atoms with Crippen LogP contribution >= 0.6 is 24.0 Å². The second-order valence-electron chi connectivity index (χ2n) is 6.60. The summed E-state index contributed by atoms with van der Waals surface area (Å²) in [6.45, 7) is 9.16. The number of hydrogen-bond donors (Lipinski definition) is 1. The highest BCUT2D eigenvalue weighted by Gasteiger charge is 2.10. The Kier molecular flexibility index (Phi) is 10.5. The van der Waals surface area contributed by atoms with E-state index in [1.807, 2.05) is 7.05 Å². The van der Waals surface area contributed by atoms with Gasteiger partial charge >= 0.3 is 0 Å². The van der Waals surface area contributed by atoms with Gasteiger partial charge in [-0.2, -0.15) is 0 Å². The molecule has 0 saturated carbocycles. The Morgan fingerprint density at radius 1 is 1.04 bits per heavy atom. The lowest BCUT2D eigenvalue weighted by molar-refractivity contribution is 0.295. The van der Waals surface area contributed by atoms with Gasteiger partial charge in [-0.25, -0.2) is 0 Å². The van der Waals surface area contributed by atoms with E-state index < -0.39 is 0 Å². The Balaban J connectivity index is 0.00000364. The van der Waals surface area contributed by atoms with Crippen molar-refractivity contribution in [2.45, 2.75) is 33.5 Å². The monoisotopic (exact) mass is 483 g/mol. The molecule has 2 rings (SSSR count). The van der Waals surface area contributed by atoms with Gasteiger partial charge in [0.2, 0.25) is 0 Å². The molecular formula is C21H34IN5. The first-order valence-electron chi connectivity index (χ1n) is 9.40. The van der Waals surface area contributed by atoms with E-state index in [9.17, 15) is 0 Å². The molecule has 1 aromatic carbocycles. The van der Waals surface area contributed by atoms with E-state index >= 15 is 0 Å². The zero-order valence-corrected chi connectivity index (χ0v) is 19.6. The maximum atomic E-state index is 4.45. The zero-order chi connectivity index (χ0) is 18.9. The van der Waals surface area contributed by atoms with Crippen LogP contribution in [0, 0.1) is 0 Å². The fraction of sp³-hybridized carbons (Fsp3) is 0.476. The number of aliphatic imine (C=N–C) groups is 1. The van der Waals surface area contributed by atoms with Gasteiger partial charge in [-0.1, -0.05) is 38.1 Å². The van der Waals surface area contributed by atoms with Crippen molar-refractivity contribution in [2.75, 3.05) is 27.2 Å². The SMILES string of the molecule is CCN(CC)Cc1ccccc1CNC(=NC)N(C)Cc1cccn1C.I. The van der Waals surface area contributed by atoms with Crippen LogP contribution in [0.2, 0.25) is 0 Å². The number of hydrogen-bond acceptors (Lipinski definition) is 2. The van der Waals surface area contributed by atoms with E-state index in [0.29, 0.717) is 0 Å². The van der Waals surface area contributed by atoms with Crippen LogP contribution in [-0.4, -0.2) is 47.5 Å². The number of aryl methyl sites for hydroxylation is 1. The molecule has 0 saturated heterocycles. The summed E-state index contributed by atoms with van der Waals surface area (Å²) in [5.74, 6) is 0.906. The smallest absolute Gasteiger partial charge is 0.194 e. The summed E-state index contributed by atoms with van der Waals surface area (Å²) in [6, 6.07) is 12.9. The molecule has 6 heteroatoms. The van der Waals surface area contributed by atoms with Gasteiger partial charge in [-0.05, 0) is 36.3 Å². The fourth-order valence-electron chi connectivity index (χ4n) is 3.11. The summed E-state index contributed by atoms with van der Waals surface area (Å²) in [5, 5.41) is 3.52. The summed E-state index contributed by atoms with van der Waals surface area (Å²) in [5.41, 5.74) is 3.97. The third kappa shape index (κ3) is 6.84. The van der Waals surface area contributed by atoms with E-state index in [2.05, 4.69) is 95.2 Å². The summed E-state index contributed by atoms with van der Waals surface area (Å²) in [7, 11) is 5.98. The summed E-state index contributed by atoms with van der Waals surface area (Å²) in [6.07, 6.45) is 2.07. The highest BCUT2D eigenvalue weighted by Crippen LogP contribution is 2.12. The van der Waals surface area contributed by atoms with Gasteiger partial charge in [-0.3, -0.25) is 9.89 Å². The van der Waals surface area contributed by atoms with Crippen LogP contribution < -0.4 is 5.32 Å². The molecule has 0 aliphatic carbocycles. The maximum Gasteiger partial charge on any atom is 0.194 e. The average molecular weight is 483 g/mol. The third-order valence-electron chi connectivity index (χ3n) is 4.87. The highest BCUT2D eigenvalue weighted by atomic mass is 127. The van der Waals surface area contributed by atoms with Gasteiger partial charge in [0.15, 0.2) is 5.96 Å². The van der Waals surface area contributed by atoms with Crippen molar-refractivity contribution in [1.29, 1.82) is 0 Å². The van der Waals surface area contributed by atoms with Crippen LogP contribution in [0.4, 0.5) is 0 Å². The van der Waals surface area contributed by atoms with Gasteiger partial charge in [0.05, 0.1) is 6.54 Å². The fourth-order valence-corrected chi connectivity index (χ4v) is 3.11. The lowest BCUT2D eigenvalue weighted by atomic mass is 10.1. The predicted octanol–water partition coefficient (Wildman–Crippen LogP) is 3.69. The number of nitrogens with one attached hydrogen (secondary N) is 1. The lowest BCUT2D eigenvalue weighted by Gasteiger charge is -2.24. The molecule has 0 aliphatic rings. The molecular weight excluding hydrogens is 449 g/mol. The summed E-state index contributed by atoms with van der Waals surface area (Å²) in [4.78, 5) is 9.04. The molecule has 5 nitrogen and oxygen atoms in total. The number of rotatable bonds is 8. The molecule has 2 aromatic rings. The van der Waals surface area contributed by atoms with Crippen molar-refractivity contribution in [3.05, 3.63) is 59.4 Å². The van der Waals surface area contributed by atoms with E-state index in [1.165, 1.54) is 16.8 Å². The van der Waals surface area contributed by atoms with E-state index in [-0.39, 0.29) is 24.0 Å². The van der Waals surface area contributed by atoms with E-state index in [1.54, 1.807) is 0 Å². The van der Waals surface area contributed by atoms with Crippen LogP contribution in [0.3, 0.4) is 0 Å². The topological polar surface area (TPSA) is 35.8 Å². The molecule has 0 fully saturated rings. The predicted molar refractivity (Wildman–Crippen MR) is 126 cm³/mol. The number of nitrogens with zero attached hydrogens (tertiary/aromatic N) is 4. The van der Waals surface area contributed by atoms with Crippen molar-refractivity contribution in [1.82, 2.24) is 19.7 Å². The largest absolute Gasteiger partial charge is 0.353 e. The van der Waals surface area contributed by atoms with Crippen LogP contribution in [-0.2, 0) is 26.7 Å². The van der Waals surface area contributed by atoms with Gasteiger partial charge in [0.1, 0.15) is 0 Å². The van der Waals surface area contributed by atoms with Crippen molar-refractivity contribution < 1.29 is 0 Å². The number of halogens is 1. The Labute approximate surface area is 181 Å². The number of guanidine groups is 1. The minimum atomic E-state index is 0. The molecule has 0 spiro atoms. The molecule has 0 aliphatic heterocycles. The third-order valence-corrected chi connectivity index (χ3v) is 4.87. The number of aromatic nitrogens is 1. The van der Waals surface area contributed by atoms with Crippen molar-refractivity contribution >= 4 is 29.9 Å². The quantitative estimate of drug-likeness (QED) is 0.354. The number of benzene rings is 1. The summed E-state index contributed by atoms with van der Waals surface area (Å²) >= 11 is 0. The Bertz CT molecular complexity index is 706. The standard InChI is InChI=1S/C21H33N5.HI/c1-6-26(7-2)16-19-12-9-8-11-18(19)15-23-21(22-3)25(5)17-20-13-10-14-24(20)4;/h8-14H,6-7,15-17H2,1-5H3,(H,22,23);1H. The molecule has 0 bridgehead atoms. The minimum Gasteiger partial charge on any atom is -0.353 e. The van der Waals surface area contributed by atoms with Crippen LogP contribution in [0.1, 0.15) is 30.7 Å². The van der Waals surface area contributed by atoms with Crippen LogP contribution in [0.25, 0.3) is 0 Å². The maximum absolute atomic E-state index is 4.45. The molecule has 150 valence electrons. The van der Waals surface area contributed by atoms with Gasteiger partial charge in [0.25, 0.3) is 0 Å². The normalized spacial score (nSPS) is 11.4. The van der Waals surface area contributed by atoms with Crippen molar-refractivity contribution in [2.24, 2.45) is 12.0 Å². The van der Waals surface area contributed by atoms with Gasteiger partial charge < -0.3 is 14.8 Å². The second kappa shape index (κ2) is 12.0. The van der Waals surface area contributed by atoms with Crippen LogP contribution in [0.15, 0.2) is 47.6 Å². The van der Waals surface area contributed by atoms with Crippen molar-refractivity contribution in [3.8, 4) is 0 Å². The minimum absolute atomic E-state index is 0. The molecule has 0 atom stereocenters. The molecule has 0 unspecified atom stereocenters. The lowest BCUT2D eigenvalue weighted by Crippen LogP contribution is -2.38. The first-order valence-corrected chi connectivity index (χ1v) is 9.40. The summed E-state index contributed by atoms with van der Waals surface area (Å²) < 4.78 is 2.14. The zero-order valence-electron chi connectivity index (χ0n) is 17.3. The van der Waals surface area contributed by atoms with Crippen LogP contribution in [0.5, 0.6) is 0 Å². The first kappa shape index (κ1) is 23.5. The Hall–Kier alpha value is -1.54. The second-order valence-corrected chi connectivity index (χ2v) is 6.60. The molecule has 0 amide bonds. The van der Waals surface area contributed by atoms with Gasteiger partial charge in [-0.15, -0.1) is 24.0 Å². The van der Waals surface area contributed by atoms with Gasteiger partial charge in [0, 0.05) is 46.1 Å². The molecule has 1 N–H and O–H groups in total. The van der Waals surface area contributed by atoms with Crippen molar-refractivity contribution in [3.63, 3.8) is 0 Å². The first-order chi connectivity index (χ1) is 12.6. The average Bonchev–Trinajstić information content (AvgIpc) is 3.05. The Morgan fingerprint density at radius 3 is 2.26 bits per heavy atom.